The van der Waals surface area contributed by atoms with Gasteiger partial charge in [-0.05, 0) is 35.4 Å². The van der Waals surface area contributed by atoms with Crippen LogP contribution in [-0.2, 0) is 6.61 Å². The van der Waals surface area contributed by atoms with Crippen molar-refractivity contribution in [3.8, 4) is 40.0 Å². The third-order valence-electron chi connectivity index (χ3n) is 4.73. The minimum atomic E-state index is 0.0549. The standard InChI is InChI=1S/C25H22N2O4/c1-3-17-7-9-18(10-8-17)16-30-20-11-12-22(23(28)14-20)25-24(15-26-27-25)31-21-6-4-5-19(13-21)29-2/h3-15,28H,1,16H2,2H3,(H,26,27). The van der Waals surface area contributed by atoms with Crippen molar-refractivity contribution < 1.29 is 19.3 Å². The highest BCUT2D eigenvalue weighted by Crippen LogP contribution is 2.38. The highest BCUT2D eigenvalue weighted by molar-refractivity contribution is 5.73. The molecule has 0 saturated carbocycles. The predicted molar refractivity (Wildman–Crippen MR) is 120 cm³/mol. The van der Waals surface area contributed by atoms with Crippen LogP contribution in [0.4, 0.5) is 0 Å². The van der Waals surface area contributed by atoms with Crippen molar-refractivity contribution in [2.75, 3.05) is 7.11 Å². The number of aromatic nitrogens is 2. The predicted octanol–water partition coefficient (Wildman–Crippen LogP) is 5.81. The van der Waals surface area contributed by atoms with Crippen LogP contribution in [0.25, 0.3) is 17.3 Å². The molecule has 0 atom stereocenters. The van der Waals surface area contributed by atoms with Crippen molar-refractivity contribution in [2.24, 2.45) is 0 Å². The number of ether oxygens (including phenoxy) is 3. The number of hydrogen-bond acceptors (Lipinski definition) is 5. The van der Waals surface area contributed by atoms with Crippen LogP contribution in [0.5, 0.6) is 28.7 Å². The molecule has 6 nitrogen and oxygen atoms in total. The van der Waals surface area contributed by atoms with Crippen LogP contribution >= 0.6 is 0 Å². The molecule has 4 aromatic rings. The molecule has 0 spiro atoms. The zero-order valence-corrected chi connectivity index (χ0v) is 17.0. The van der Waals surface area contributed by atoms with Crippen molar-refractivity contribution in [1.82, 2.24) is 10.2 Å². The minimum Gasteiger partial charge on any atom is -0.507 e. The topological polar surface area (TPSA) is 76.6 Å². The van der Waals surface area contributed by atoms with Crippen LogP contribution < -0.4 is 14.2 Å². The van der Waals surface area contributed by atoms with E-state index in [1.165, 1.54) is 0 Å². The highest BCUT2D eigenvalue weighted by Gasteiger charge is 2.15. The van der Waals surface area contributed by atoms with Crippen LogP contribution in [-0.4, -0.2) is 22.4 Å². The SMILES string of the molecule is C=Cc1ccc(COc2ccc(-c3[nH]ncc3Oc3cccc(OC)c3)c(O)c2)cc1. The van der Waals surface area contributed by atoms with Crippen LogP contribution in [0.1, 0.15) is 11.1 Å². The quantitative estimate of drug-likeness (QED) is 0.381. The number of aromatic hydroxyl groups is 1. The van der Waals surface area contributed by atoms with Crippen LogP contribution in [0.15, 0.2) is 79.5 Å². The molecule has 6 heteroatoms. The first kappa shape index (κ1) is 20.1. The van der Waals surface area contributed by atoms with Crippen molar-refractivity contribution in [3.05, 3.63) is 90.6 Å². The third kappa shape index (κ3) is 4.70. The molecule has 0 aliphatic carbocycles. The minimum absolute atomic E-state index is 0.0549. The second-order valence-corrected chi connectivity index (χ2v) is 6.80. The Morgan fingerprint density at radius 3 is 2.55 bits per heavy atom. The number of nitrogens with zero attached hydrogens (tertiary/aromatic N) is 1. The molecule has 1 heterocycles. The van der Waals surface area contributed by atoms with E-state index in [0.29, 0.717) is 40.9 Å². The Hall–Kier alpha value is -4.19. The number of nitrogens with one attached hydrogen (secondary N) is 1. The first-order valence-corrected chi connectivity index (χ1v) is 9.69. The first-order valence-electron chi connectivity index (χ1n) is 9.69. The smallest absolute Gasteiger partial charge is 0.173 e. The summed E-state index contributed by atoms with van der Waals surface area (Å²) < 4.78 is 17.0. The zero-order valence-electron chi connectivity index (χ0n) is 17.0. The highest BCUT2D eigenvalue weighted by atomic mass is 16.5. The van der Waals surface area contributed by atoms with Gasteiger partial charge in [0.25, 0.3) is 0 Å². The van der Waals surface area contributed by atoms with Crippen molar-refractivity contribution in [3.63, 3.8) is 0 Å². The maximum atomic E-state index is 10.6. The van der Waals surface area contributed by atoms with Gasteiger partial charge in [-0.25, -0.2) is 0 Å². The molecule has 0 fully saturated rings. The van der Waals surface area contributed by atoms with Crippen LogP contribution in [0, 0.1) is 0 Å². The molecule has 156 valence electrons. The van der Waals surface area contributed by atoms with Crippen molar-refractivity contribution in [2.45, 2.75) is 6.61 Å². The number of aromatic amines is 1. The fourth-order valence-electron chi connectivity index (χ4n) is 3.07. The lowest BCUT2D eigenvalue weighted by atomic mass is 10.1. The number of hydrogen-bond donors (Lipinski definition) is 2. The molecule has 31 heavy (non-hydrogen) atoms. The molecule has 3 aromatic carbocycles. The molecule has 4 rings (SSSR count). The Bertz CT molecular complexity index is 1180. The lowest BCUT2D eigenvalue weighted by Crippen LogP contribution is -1.95. The van der Waals surface area contributed by atoms with Gasteiger partial charge in [0.2, 0.25) is 0 Å². The Labute approximate surface area is 180 Å². The Kier molecular flexibility index (Phi) is 5.89. The number of H-pyrrole nitrogens is 1. The Morgan fingerprint density at radius 2 is 1.81 bits per heavy atom. The molecular formula is C25H22N2O4. The summed E-state index contributed by atoms with van der Waals surface area (Å²) in [6.45, 7) is 4.14. The number of phenolic OH excluding ortho intramolecular Hbond substituents is 1. The van der Waals surface area contributed by atoms with E-state index in [1.807, 2.05) is 42.5 Å². The number of methoxy groups -OCH3 is 1. The van der Waals surface area contributed by atoms with E-state index in [-0.39, 0.29) is 5.75 Å². The second-order valence-electron chi connectivity index (χ2n) is 6.80. The average molecular weight is 414 g/mol. The summed E-state index contributed by atoms with van der Waals surface area (Å²) in [5.41, 5.74) is 3.19. The summed E-state index contributed by atoms with van der Waals surface area (Å²) in [7, 11) is 1.60. The monoisotopic (exact) mass is 414 g/mol. The molecule has 2 N–H and O–H groups in total. The molecule has 1 aromatic heterocycles. The van der Waals surface area contributed by atoms with E-state index in [4.69, 9.17) is 14.2 Å². The van der Waals surface area contributed by atoms with Gasteiger partial charge in [0, 0.05) is 17.7 Å². The number of rotatable bonds is 8. The molecule has 0 aliphatic rings. The van der Waals surface area contributed by atoms with Gasteiger partial charge >= 0.3 is 0 Å². The number of benzene rings is 3. The van der Waals surface area contributed by atoms with Crippen LogP contribution in [0.2, 0.25) is 0 Å². The molecule has 0 aliphatic heterocycles. The van der Waals surface area contributed by atoms with Gasteiger partial charge in [0.05, 0.1) is 13.3 Å². The maximum Gasteiger partial charge on any atom is 0.173 e. The van der Waals surface area contributed by atoms with E-state index in [0.717, 1.165) is 11.1 Å². The fourth-order valence-corrected chi connectivity index (χ4v) is 3.07. The van der Waals surface area contributed by atoms with Gasteiger partial charge in [-0.15, -0.1) is 0 Å². The normalized spacial score (nSPS) is 10.5. The first-order chi connectivity index (χ1) is 15.2. The van der Waals surface area contributed by atoms with Gasteiger partial charge in [-0.1, -0.05) is 43.0 Å². The lowest BCUT2D eigenvalue weighted by Gasteiger charge is -2.11. The van der Waals surface area contributed by atoms with E-state index in [9.17, 15) is 5.11 Å². The molecule has 0 saturated heterocycles. The van der Waals surface area contributed by atoms with Gasteiger partial charge < -0.3 is 19.3 Å². The largest absolute Gasteiger partial charge is 0.507 e. The Balaban J connectivity index is 1.49. The van der Waals surface area contributed by atoms with Gasteiger partial charge in [-0.2, -0.15) is 5.10 Å². The fraction of sp³-hybridized carbons (Fsp3) is 0.0800. The molecule has 0 amide bonds. The summed E-state index contributed by atoms with van der Waals surface area (Å²) in [6, 6.07) is 20.3. The summed E-state index contributed by atoms with van der Waals surface area (Å²) in [4.78, 5) is 0. The number of phenols is 1. The van der Waals surface area contributed by atoms with Gasteiger partial charge in [0.15, 0.2) is 5.75 Å². The summed E-state index contributed by atoms with van der Waals surface area (Å²) >= 11 is 0. The second kappa shape index (κ2) is 9.09. The average Bonchev–Trinajstić information content (AvgIpc) is 3.26. The van der Waals surface area contributed by atoms with Gasteiger partial charge in [0.1, 0.15) is 35.3 Å². The zero-order chi connectivity index (χ0) is 21.6. The lowest BCUT2D eigenvalue weighted by molar-refractivity contribution is 0.304. The van der Waals surface area contributed by atoms with Crippen LogP contribution in [0.3, 0.4) is 0 Å². The summed E-state index contributed by atoms with van der Waals surface area (Å²) in [5.74, 6) is 2.39. The summed E-state index contributed by atoms with van der Waals surface area (Å²) in [5, 5.41) is 17.5. The molecular weight excluding hydrogens is 392 g/mol. The van der Waals surface area contributed by atoms with Crippen molar-refractivity contribution in [1.29, 1.82) is 0 Å². The molecule has 0 unspecified atom stereocenters. The molecule has 0 radical (unpaired) electrons. The van der Waals surface area contributed by atoms with E-state index in [2.05, 4.69) is 16.8 Å². The van der Waals surface area contributed by atoms with Gasteiger partial charge in [-0.3, -0.25) is 5.10 Å². The van der Waals surface area contributed by atoms with Crippen molar-refractivity contribution >= 4 is 6.08 Å². The Morgan fingerprint density at radius 1 is 1.00 bits per heavy atom. The summed E-state index contributed by atoms with van der Waals surface area (Å²) in [6.07, 6.45) is 3.36. The van der Waals surface area contributed by atoms with E-state index in [1.54, 1.807) is 43.6 Å². The van der Waals surface area contributed by atoms with E-state index < -0.39 is 0 Å². The molecule has 0 bridgehead atoms. The third-order valence-corrected chi connectivity index (χ3v) is 4.73. The maximum absolute atomic E-state index is 10.6. The van der Waals surface area contributed by atoms with E-state index >= 15 is 0 Å².